The van der Waals surface area contributed by atoms with Crippen LogP contribution in [-0.2, 0) is 6.54 Å². The molecule has 5 heteroatoms. The molecular weight excluding hydrogens is 219 g/mol. The summed E-state index contributed by atoms with van der Waals surface area (Å²) in [5.41, 5.74) is 1.86. The highest BCUT2D eigenvalue weighted by Gasteiger charge is 2.21. The summed E-state index contributed by atoms with van der Waals surface area (Å²) in [6.45, 7) is 2.88. The number of aromatic nitrogens is 3. The lowest BCUT2D eigenvalue weighted by atomic mass is 10.1. The number of nitrogens with zero attached hydrogens (tertiary/aromatic N) is 3. The summed E-state index contributed by atoms with van der Waals surface area (Å²) in [7, 11) is 0. The number of pyridine rings is 1. The molecule has 0 bridgehead atoms. The van der Waals surface area contributed by atoms with Crippen LogP contribution in [0.3, 0.4) is 0 Å². The number of anilines is 1. The Balaban J connectivity index is 1.86. The van der Waals surface area contributed by atoms with Crippen molar-refractivity contribution in [3.05, 3.63) is 41.7 Å². The summed E-state index contributed by atoms with van der Waals surface area (Å²) in [4.78, 5) is 8.50. The van der Waals surface area contributed by atoms with E-state index in [2.05, 4.69) is 19.9 Å². The molecule has 1 aliphatic heterocycles. The molecule has 0 aliphatic carbocycles. The first-order chi connectivity index (χ1) is 8.22. The van der Waals surface area contributed by atoms with E-state index in [1.807, 2.05) is 13.1 Å². The first-order valence-electron chi connectivity index (χ1n) is 5.64. The molecule has 17 heavy (non-hydrogen) atoms. The van der Waals surface area contributed by atoms with Gasteiger partial charge in [0, 0.05) is 12.7 Å². The van der Waals surface area contributed by atoms with Crippen LogP contribution in [0.4, 0.5) is 10.3 Å². The molecule has 88 valence electrons. The molecular formula is C12H13FN4. The second-order valence-electron chi connectivity index (χ2n) is 4.29. The third-order valence-corrected chi connectivity index (χ3v) is 2.97. The average Bonchev–Trinajstić information content (AvgIpc) is 2.69. The van der Waals surface area contributed by atoms with E-state index in [1.165, 1.54) is 12.3 Å². The Morgan fingerprint density at radius 1 is 1.47 bits per heavy atom. The van der Waals surface area contributed by atoms with Crippen LogP contribution in [0.15, 0.2) is 24.5 Å². The van der Waals surface area contributed by atoms with Gasteiger partial charge in [0.1, 0.15) is 5.82 Å². The Hall–Kier alpha value is -1.91. The van der Waals surface area contributed by atoms with Gasteiger partial charge in [-0.1, -0.05) is 0 Å². The third kappa shape index (κ3) is 1.88. The number of hydrogen-bond donors (Lipinski definition) is 1. The normalized spacial score (nSPS) is 18.6. The van der Waals surface area contributed by atoms with Crippen LogP contribution >= 0.6 is 0 Å². The summed E-state index contributed by atoms with van der Waals surface area (Å²) in [5, 5.41) is 3.32. The van der Waals surface area contributed by atoms with Gasteiger partial charge >= 0.3 is 0 Å². The van der Waals surface area contributed by atoms with Crippen LogP contribution in [0.1, 0.15) is 23.9 Å². The Bertz CT molecular complexity index is 532. The molecule has 3 heterocycles. The minimum absolute atomic E-state index is 0.116. The zero-order valence-corrected chi connectivity index (χ0v) is 9.52. The topological polar surface area (TPSA) is 42.7 Å². The molecule has 0 radical (unpaired) electrons. The molecule has 2 aromatic heterocycles. The van der Waals surface area contributed by atoms with Crippen molar-refractivity contribution in [1.29, 1.82) is 0 Å². The van der Waals surface area contributed by atoms with Crippen LogP contribution < -0.4 is 5.32 Å². The highest BCUT2D eigenvalue weighted by atomic mass is 19.1. The summed E-state index contributed by atoms with van der Waals surface area (Å²) in [6.07, 6.45) is 4.21. The number of nitrogens with one attached hydrogen (secondary N) is 1. The van der Waals surface area contributed by atoms with E-state index in [0.29, 0.717) is 0 Å². The lowest BCUT2D eigenvalue weighted by Gasteiger charge is -2.24. The van der Waals surface area contributed by atoms with Gasteiger partial charge in [-0.15, -0.1) is 0 Å². The molecule has 1 atom stereocenters. The van der Waals surface area contributed by atoms with E-state index in [0.717, 1.165) is 30.3 Å². The first kappa shape index (κ1) is 10.3. The molecule has 4 nitrogen and oxygen atoms in total. The van der Waals surface area contributed by atoms with Crippen molar-refractivity contribution in [3.63, 3.8) is 0 Å². The van der Waals surface area contributed by atoms with E-state index in [1.54, 1.807) is 6.07 Å². The van der Waals surface area contributed by atoms with Crippen molar-refractivity contribution in [2.45, 2.75) is 25.9 Å². The van der Waals surface area contributed by atoms with Gasteiger partial charge in [-0.05, 0) is 25.5 Å². The number of fused-ring (bicyclic) bond motifs is 1. The van der Waals surface area contributed by atoms with Gasteiger partial charge in [0.15, 0.2) is 0 Å². The molecule has 0 saturated carbocycles. The van der Waals surface area contributed by atoms with Crippen molar-refractivity contribution in [1.82, 2.24) is 14.5 Å². The molecule has 1 N–H and O–H groups in total. The standard InChI is InChI=1S/C12H13FN4/c1-8-7-17-5-4-11(16-12(17)15-8)10-3-2-9(13)6-14-10/h2-3,6-7,11H,4-5H2,1H3,(H,15,16). The summed E-state index contributed by atoms with van der Waals surface area (Å²) in [5.74, 6) is 0.562. The lowest BCUT2D eigenvalue weighted by Crippen LogP contribution is -2.22. The van der Waals surface area contributed by atoms with Crippen LogP contribution in [0.25, 0.3) is 0 Å². The molecule has 0 spiro atoms. The average molecular weight is 232 g/mol. The number of imidazole rings is 1. The maximum Gasteiger partial charge on any atom is 0.203 e. The fourth-order valence-electron chi connectivity index (χ4n) is 2.14. The molecule has 0 amide bonds. The van der Waals surface area contributed by atoms with Crippen molar-refractivity contribution < 1.29 is 4.39 Å². The summed E-state index contributed by atoms with van der Waals surface area (Å²) < 4.78 is 14.9. The summed E-state index contributed by atoms with van der Waals surface area (Å²) in [6, 6.07) is 3.28. The van der Waals surface area contributed by atoms with Gasteiger partial charge in [0.25, 0.3) is 0 Å². The number of hydrogen-bond acceptors (Lipinski definition) is 3. The molecule has 0 aromatic carbocycles. The Morgan fingerprint density at radius 2 is 2.35 bits per heavy atom. The molecule has 2 aromatic rings. The number of aryl methyl sites for hydroxylation is 2. The number of halogens is 1. The van der Waals surface area contributed by atoms with Crippen molar-refractivity contribution >= 4 is 5.95 Å². The monoisotopic (exact) mass is 232 g/mol. The van der Waals surface area contributed by atoms with Gasteiger partial charge in [-0.3, -0.25) is 4.98 Å². The fourth-order valence-corrected chi connectivity index (χ4v) is 2.14. The molecule has 1 aliphatic rings. The van der Waals surface area contributed by atoms with E-state index in [4.69, 9.17) is 0 Å². The van der Waals surface area contributed by atoms with Crippen LogP contribution in [0.5, 0.6) is 0 Å². The highest BCUT2D eigenvalue weighted by Crippen LogP contribution is 2.26. The van der Waals surface area contributed by atoms with E-state index in [9.17, 15) is 4.39 Å². The van der Waals surface area contributed by atoms with Gasteiger partial charge < -0.3 is 9.88 Å². The minimum Gasteiger partial charge on any atom is -0.347 e. The SMILES string of the molecule is Cc1cn2c(n1)NC(c1ccc(F)cn1)CC2. The van der Waals surface area contributed by atoms with Crippen molar-refractivity contribution in [3.8, 4) is 0 Å². The second kappa shape index (κ2) is 3.84. The third-order valence-electron chi connectivity index (χ3n) is 2.97. The zero-order chi connectivity index (χ0) is 11.8. The van der Waals surface area contributed by atoms with Crippen molar-refractivity contribution in [2.24, 2.45) is 0 Å². The Morgan fingerprint density at radius 3 is 3.12 bits per heavy atom. The molecule has 0 fully saturated rings. The van der Waals surface area contributed by atoms with Gasteiger partial charge in [-0.25, -0.2) is 9.37 Å². The minimum atomic E-state index is -0.304. The molecule has 3 rings (SSSR count). The van der Waals surface area contributed by atoms with Gasteiger partial charge in [-0.2, -0.15) is 0 Å². The molecule has 0 saturated heterocycles. The Kier molecular flexibility index (Phi) is 2.31. The van der Waals surface area contributed by atoms with E-state index < -0.39 is 0 Å². The second-order valence-corrected chi connectivity index (χ2v) is 4.29. The fraction of sp³-hybridized carbons (Fsp3) is 0.333. The smallest absolute Gasteiger partial charge is 0.203 e. The van der Waals surface area contributed by atoms with Crippen LogP contribution in [0.2, 0.25) is 0 Å². The Labute approximate surface area is 98.5 Å². The van der Waals surface area contributed by atoms with E-state index in [-0.39, 0.29) is 11.9 Å². The first-order valence-corrected chi connectivity index (χ1v) is 5.64. The predicted octanol–water partition coefficient (Wildman–Crippen LogP) is 2.28. The lowest BCUT2D eigenvalue weighted by molar-refractivity contribution is 0.531. The zero-order valence-electron chi connectivity index (χ0n) is 9.52. The predicted molar refractivity (Wildman–Crippen MR) is 62.1 cm³/mol. The number of rotatable bonds is 1. The largest absolute Gasteiger partial charge is 0.347 e. The van der Waals surface area contributed by atoms with E-state index >= 15 is 0 Å². The van der Waals surface area contributed by atoms with Crippen LogP contribution in [-0.4, -0.2) is 14.5 Å². The van der Waals surface area contributed by atoms with Gasteiger partial charge in [0.05, 0.1) is 23.6 Å². The van der Waals surface area contributed by atoms with Gasteiger partial charge in [0.2, 0.25) is 5.95 Å². The molecule has 1 unspecified atom stereocenters. The quantitative estimate of drug-likeness (QED) is 0.820. The summed E-state index contributed by atoms with van der Waals surface area (Å²) >= 11 is 0. The highest BCUT2D eigenvalue weighted by molar-refractivity contribution is 5.34. The maximum atomic E-state index is 12.8. The van der Waals surface area contributed by atoms with Crippen LogP contribution in [0, 0.1) is 12.7 Å². The van der Waals surface area contributed by atoms with Crippen molar-refractivity contribution in [2.75, 3.05) is 5.32 Å². The maximum absolute atomic E-state index is 12.8.